The van der Waals surface area contributed by atoms with E-state index in [1.807, 2.05) is 6.92 Å². The van der Waals surface area contributed by atoms with Crippen molar-refractivity contribution < 1.29 is 0 Å². The molecule has 5 heteroatoms. The Kier molecular flexibility index (Phi) is 1.08. The molecule has 0 aliphatic rings. The van der Waals surface area contributed by atoms with Gasteiger partial charge in [0.2, 0.25) is 0 Å². The molecule has 2 heterocycles. The summed E-state index contributed by atoms with van der Waals surface area (Å²) in [5.41, 5.74) is 2.83. The van der Waals surface area contributed by atoms with Gasteiger partial charge in [-0.1, -0.05) is 0 Å². The van der Waals surface area contributed by atoms with Crippen molar-refractivity contribution in [3.63, 3.8) is 0 Å². The number of fused-ring (bicyclic) bond motifs is 1. The van der Waals surface area contributed by atoms with E-state index in [4.69, 9.17) is 0 Å². The number of aromatic nitrogens is 4. The van der Waals surface area contributed by atoms with Crippen LogP contribution in [0.15, 0.2) is 4.60 Å². The molecule has 0 unspecified atom stereocenters. The summed E-state index contributed by atoms with van der Waals surface area (Å²) >= 11 is 3.26. The van der Waals surface area contributed by atoms with E-state index in [1.54, 1.807) is 0 Å². The highest BCUT2D eigenvalue weighted by molar-refractivity contribution is 9.10. The lowest BCUT2D eigenvalue weighted by molar-refractivity contribution is 1.02. The van der Waals surface area contributed by atoms with Crippen molar-refractivity contribution >= 4 is 27.0 Å². The summed E-state index contributed by atoms with van der Waals surface area (Å²) in [6.07, 6.45) is 0. The molecule has 0 spiro atoms. The van der Waals surface area contributed by atoms with Gasteiger partial charge in [0.25, 0.3) is 0 Å². The Morgan fingerprint density at radius 3 is 2.80 bits per heavy atom. The normalized spacial score (nSPS) is 11.0. The number of rotatable bonds is 0. The van der Waals surface area contributed by atoms with E-state index in [-0.39, 0.29) is 0 Å². The van der Waals surface area contributed by atoms with Crippen LogP contribution < -0.4 is 0 Å². The van der Waals surface area contributed by atoms with E-state index < -0.39 is 0 Å². The van der Waals surface area contributed by atoms with Gasteiger partial charge in [0, 0.05) is 0 Å². The molecule has 0 atom stereocenters. The Hall–Kier alpha value is -0.840. The van der Waals surface area contributed by atoms with E-state index in [0.717, 1.165) is 21.3 Å². The highest BCUT2D eigenvalue weighted by Crippen LogP contribution is 2.19. The summed E-state index contributed by atoms with van der Waals surface area (Å²) in [7, 11) is 0. The number of nitrogens with zero attached hydrogens (tertiary/aromatic N) is 2. The lowest BCUT2D eigenvalue weighted by atomic mass is 10.4. The van der Waals surface area contributed by atoms with Crippen molar-refractivity contribution in [3.8, 4) is 0 Å². The summed E-state index contributed by atoms with van der Waals surface area (Å²) in [6, 6.07) is 0. The lowest BCUT2D eigenvalue weighted by Crippen LogP contribution is -1.74. The fourth-order valence-electron chi connectivity index (χ4n) is 0.873. The molecular weight excluding hydrogens is 196 g/mol. The maximum Gasteiger partial charge on any atom is 0.156 e. The number of nitrogens with one attached hydrogen (secondary N) is 2. The molecule has 0 radical (unpaired) electrons. The van der Waals surface area contributed by atoms with E-state index >= 15 is 0 Å². The van der Waals surface area contributed by atoms with E-state index in [2.05, 4.69) is 36.3 Å². The average molecular weight is 201 g/mol. The molecule has 0 saturated carbocycles. The number of aryl methyl sites for hydroxylation is 1. The molecular formula is C5H5BrN4. The van der Waals surface area contributed by atoms with Crippen LogP contribution in [0, 0.1) is 6.92 Å². The van der Waals surface area contributed by atoms with E-state index in [0.29, 0.717) is 0 Å². The van der Waals surface area contributed by atoms with Crippen LogP contribution in [0.3, 0.4) is 0 Å². The van der Waals surface area contributed by atoms with Crippen LogP contribution in [-0.2, 0) is 0 Å². The molecule has 0 aliphatic heterocycles. The first-order valence-corrected chi connectivity index (χ1v) is 3.63. The third-order valence-corrected chi connectivity index (χ3v) is 1.96. The Balaban J connectivity index is 2.95. The van der Waals surface area contributed by atoms with Crippen molar-refractivity contribution in [2.75, 3.05) is 0 Å². The minimum atomic E-state index is 0.756. The molecule has 2 N–H and O–H groups in total. The second kappa shape index (κ2) is 1.82. The fourth-order valence-corrected chi connectivity index (χ4v) is 1.25. The Bertz CT molecular complexity index is 324. The van der Waals surface area contributed by atoms with Gasteiger partial charge < -0.3 is 0 Å². The van der Waals surface area contributed by atoms with Crippen molar-refractivity contribution in [3.05, 3.63) is 10.3 Å². The smallest absolute Gasteiger partial charge is 0.156 e. The molecule has 0 aromatic carbocycles. The Morgan fingerprint density at radius 2 is 2.10 bits per heavy atom. The summed E-state index contributed by atoms with van der Waals surface area (Å²) in [5, 5.41) is 13.6. The molecule has 0 fully saturated rings. The number of H-pyrrole nitrogens is 2. The minimum Gasteiger partial charge on any atom is -0.280 e. The van der Waals surface area contributed by atoms with Gasteiger partial charge >= 0.3 is 0 Å². The maximum atomic E-state index is 4.01. The van der Waals surface area contributed by atoms with Crippen molar-refractivity contribution in [2.24, 2.45) is 0 Å². The first-order valence-electron chi connectivity index (χ1n) is 2.83. The standard InChI is InChI=1S/C5H5BrN4/c1-2-3-4(9-7-2)5(6)10-8-3/h1H3,(H,7,9)(H,8,10). The predicted octanol–water partition coefficient (Wildman–Crippen LogP) is 1.36. The molecule has 0 amide bonds. The second-order valence-electron chi connectivity index (χ2n) is 2.09. The number of aromatic amines is 2. The van der Waals surface area contributed by atoms with Gasteiger partial charge in [0.05, 0.1) is 5.69 Å². The predicted molar refractivity (Wildman–Crippen MR) is 40.7 cm³/mol. The van der Waals surface area contributed by atoms with Crippen LogP contribution in [0.4, 0.5) is 0 Å². The summed E-state index contributed by atoms with van der Waals surface area (Å²) < 4.78 is 0.756. The fraction of sp³-hybridized carbons (Fsp3) is 0.200. The van der Waals surface area contributed by atoms with Gasteiger partial charge in [-0.25, -0.2) is 0 Å². The topological polar surface area (TPSA) is 57.4 Å². The summed E-state index contributed by atoms with van der Waals surface area (Å²) in [4.78, 5) is 0. The average Bonchev–Trinajstić information content (AvgIpc) is 2.41. The Labute approximate surface area is 65.1 Å². The van der Waals surface area contributed by atoms with Gasteiger partial charge in [-0.05, 0) is 22.9 Å². The van der Waals surface area contributed by atoms with Gasteiger partial charge in [-0.15, -0.1) is 0 Å². The van der Waals surface area contributed by atoms with Gasteiger partial charge in [0.15, 0.2) is 4.60 Å². The van der Waals surface area contributed by atoms with Gasteiger partial charge in [-0.2, -0.15) is 10.2 Å². The molecule has 0 saturated heterocycles. The summed E-state index contributed by atoms with van der Waals surface area (Å²) in [5.74, 6) is 0. The van der Waals surface area contributed by atoms with Crippen LogP contribution in [-0.4, -0.2) is 20.4 Å². The molecule has 52 valence electrons. The third kappa shape index (κ3) is 0.607. The first kappa shape index (κ1) is 5.91. The van der Waals surface area contributed by atoms with Crippen LogP contribution in [0.25, 0.3) is 11.0 Å². The largest absolute Gasteiger partial charge is 0.280 e. The minimum absolute atomic E-state index is 0.756. The van der Waals surface area contributed by atoms with Crippen molar-refractivity contribution in [2.45, 2.75) is 6.92 Å². The third-order valence-electron chi connectivity index (χ3n) is 1.41. The zero-order valence-electron chi connectivity index (χ0n) is 5.27. The van der Waals surface area contributed by atoms with Gasteiger partial charge in [-0.3, -0.25) is 10.2 Å². The molecule has 0 aliphatic carbocycles. The molecule has 2 rings (SSSR count). The maximum absolute atomic E-state index is 4.01. The quantitative estimate of drug-likeness (QED) is 0.675. The molecule has 2 aromatic rings. The lowest BCUT2D eigenvalue weighted by Gasteiger charge is -1.76. The highest BCUT2D eigenvalue weighted by atomic mass is 79.9. The first-order chi connectivity index (χ1) is 4.79. The highest BCUT2D eigenvalue weighted by Gasteiger charge is 2.06. The second-order valence-corrected chi connectivity index (χ2v) is 2.84. The Morgan fingerprint density at radius 1 is 1.30 bits per heavy atom. The monoisotopic (exact) mass is 200 g/mol. The number of hydrogen-bond acceptors (Lipinski definition) is 2. The van der Waals surface area contributed by atoms with Crippen LogP contribution in [0.1, 0.15) is 5.69 Å². The van der Waals surface area contributed by atoms with E-state index in [1.165, 1.54) is 0 Å². The number of hydrogen-bond donors (Lipinski definition) is 2. The number of halogens is 1. The van der Waals surface area contributed by atoms with E-state index in [9.17, 15) is 0 Å². The molecule has 10 heavy (non-hydrogen) atoms. The van der Waals surface area contributed by atoms with Crippen molar-refractivity contribution in [1.29, 1.82) is 0 Å². The van der Waals surface area contributed by atoms with Crippen LogP contribution in [0.5, 0.6) is 0 Å². The van der Waals surface area contributed by atoms with Crippen LogP contribution >= 0.6 is 15.9 Å². The van der Waals surface area contributed by atoms with Crippen molar-refractivity contribution in [1.82, 2.24) is 20.4 Å². The zero-order valence-corrected chi connectivity index (χ0v) is 6.86. The van der Waals surface area contributed by atoms with Crippen LogP contribution in [0.2, 0.25) is 0 Å². The SMILES string of the molecule is Cc1[nH]nc2c(Br)n[nH]c12. The zero-order chi connectivity index (χ0) is 7.14. The molecule has 2 aromatic heterocycles. The molecule has 4 nitrogen and oxygen atoms in total. The summed E-state index contributed by atoms with van der Waals surface area (Å²) in [6.45, 7) is 1.94. The van der Waals surface area contributed by atoms with Gasteiger partial charge in [0.1, 0.15) is 11.0 Å². The molecule has 0 bridgehead atoms.